The van der Waals surface area contributed by atoms with Gasteiger partial charge in [-0.05, 0) is 53.1 Å². The van der Waals surface area contributed by atoms with Gasteiger partial charge in [-0.2, -0.15) is 0 Å². The van der Waals surface area contributed by atoms with Crippen LogP contribution in [0.1, 0.15) is 34.0 Å². The third-order valence-electron chi connectivity index (χ3n) is 5.95. The number of hydrogen-bond acceptors (Lipinski definition) is 4. The summed E-state index contributed by atoms with van der Waals surface area (Å²) in [6.45, 7) is 0. The number of fused-ring (bicyclic) bond motifs is 3. The Bertz CT molecular complexity index is 1580. The van der Waals surface area contributed by atoms with E-state index in [0.29, 0.717) is 19.4 Å². The lowest BCUT2D eigenvalue weighted by Gasteiger charge is -2.30. The Morgan fingerprint density at radius 2 is 1.91 bits per heavy atom. The highest BCUT2D eigenvalue weighted by Gasteiger charge is 2.32. The first-order valence-electron chi connectivity index (χ1n) is 10.2. The number of aromatic nitrogens is 1. The molecule has 2 aliphatic rings. The van der Waals surface area contributed by atoms with Gasteiger partial charge in [-0.25, -0.2) is 4.99 Å². The monoisotopic (exact) mass is 494 g/mol. The Balaban J connectivity index is 1.63. The van der Waals surface area contributed by atoms with Gasteiger partial charge in [0.2, 0.25) is 0 Å². The molecule has 0 N–H and O–H groups in total. The second-order valence-electron chi connectivity index (χ2n) is 7.77. The Morgan fingerprint density at radius 3 is 2.75 bits per heavy atom. The van der Waals surface area contributed by atoms with E-state index in [0.717, 1.165) is 29.0 Å². The van der Waals surface area contributed by atoms with Crippen LogP contribution >= 0.6 is 45.9 Å². The minimum atomic E-state index is -0.133. The van der Waals surface area contributed by atoms with Crippen LogP contribution < -0.4 is 14.9 Å². The molecule has 0 saturated heterocycles. The summed E-state index contributed by atoms with van der Waals surface area (Å²) in [4.78, 5) is 20.5. The fourth-order valence-corrected chi connectivity index (χ4v) is 6.69. The molecule has 1 atom stereocenters. The van der Waals surface area contributed by atoms with Crippen molar-refractivity contribution in [1.82, 2.24) is 4.57 Å². The smallest absolute Gasteiger partial charge is 0.271 e. The second-order valence-corrected chi connectivity index (χ2v) is 10.5. The molecule has 7 heteroatoms. The first-order chi connectivity index (χ1) is 15.6. The van der Waals surface area contributed by atoms with Gasteiger partial charge in [-0.3, -0.25) is 9.36 Å². The van der Waals surface area contributed by atoms with E-state index in [4.69, 9.17) is 28.2 Å². The predicted octanol–water partition coefficient (Wildman–Crippen LogP) is 5.69. The third-order valence-corrected chi connectivity index (χ3v) is 8.69. The quantitative estimate of drug-likeness (QED) is 0.352. The minimum Gasteiger partial charge on any atom is -0.271 e. The molecule has 0 fully saturated rings. The van der Waals surface area contributed by atoms with E-state index >= 15 is 0 Å². The van der Waals surface area contributed by atoms with Gasteiger partial charge in [0.15, 0.2) is 4.80 Å². The molecule has 1 aliphatic carbocycles. The highest BCUT2D eigenvalue weighted by atomic mass is 35.5. The van der Waals surface area contributed by atoms with Crippen LogP contribution in [0.5, 0.6) is 0 Å². The van der Waals surface area contributed by atoms with E-state index < -0.39 is 0 Å². The van der Waals surface area contributed by atoms with Gasteiger partial charge in [-0.15, -0.1) is 11.3 Å². The molecule has 3 heterocycles. The fourth-order valence-electron chi connectivity index (χ4n) is 4.49. The molecule has 0 amide bonds. The van der Waals surface area contributed by atoms with Crippen LogP contribution in [0.3, 0.4) is 0 Å². The number of thiophene rings is 1. The van der Waals surface area contributed by atoms with Crippen molar-refractivity contribution in [2.45, 2.75) is 18.9 Å². The summed E-state index contributed by atoms with van der Waals surface area (Å²) in [7, 11) is 0. The van der Waals surface area contributed by atoms with Crippen molar-refractivity contribution in [3.63, 3.8) is 0 Å². The number of thiazole rings is 1. The van der Waals surface area contributed by atoms with E-state index in [1.807, 2.05) is 28.8 Å². The van der Waals surface area contributed by atoms with E-state index in [-0.39, 0.29) is 11.6 Å². The van der Waals surface area contributed by atoms with Crippen LogP contribution in [0.4, 0.5) is 0 Å². The summed E-state index contributed by atoms with van der Waals surface area (Å²) >= 11 is 15.7. The standard InChI is InChI=1S/C25H16Cl2N2OS2/c26-18-8-3-6-15(21(18)27)13-20-24(30)29-23(19-9-4-12-31-19)17-11-10-14-5-1-2-7-16(14)22(17)28-25(29)32-20/h1-9,12-13,23H,10-11H2/b20-13-/t23-/m0/s1. The highest BCUT2D eigenvalue weighted by molar-refractivity contribution is 7.10. The van der Waals surface area contributed by atoms with Gasteiger partial charge in [0, 0.05) is 10.4 Å². The van der Waals surface area contributed by atoms with Crippen molar-refractivity contribution in [2.24, 2.45) is 4.99 Å². The van der Waals surface area contributed by atoms with Gasteiger partial charge in [0.05, 0.1) is 26.3 Å². The lowest BCUT2D eigenvalue weighted by Crippen LogP contribution is -2.38. The van der Waals surface area contributed by atoms with Crippen LogP contribution in [0.25, 0.3) is 11.8 Å². The van der Waals surface area contributed by atoms with E-state index in [1.54, 1.807) is 17.4 Å². The predicted molar refractivity (Wildman–Crippen MR) is 134 cm³/mol. The average Bonchev–Trinajstić information content (AvgIpc) is 3.44. The molecule has 32 heavy (non-hydrogen) atoms. The molecule has 0 radical (unpaired) electrons. The molecular formula is C25H16Cl2N2OS2. The molecular weight excluding hydrogens is 479 g/mol. The molecule has 0 saturated carbocycles. The van der Waals surface area contributed by atoms with E-state index in [9.17, 15) is 4.79 Å². The Hall–Kier alpha value is -2.44. The second kappa shape index (κ2) is 7.85. The van der Waals surface area contributed by atoms with Crippen LogP contribution in [-0.2, 0) is 6.42 Å². The molecule has 0 spiro atoms. The molecule has 2 aromatic heterocycles. The maximum absolute atomic E-state index is 13.6. The number of benzene rings is 2. The molecule has 3 nitrogen and oxygen atoms in total. The molecule has 158 valence electrons. The molecule has 0 bridgehead atoms. The summed E-state index contributed by atoms with van der Waals surface area (Å²) in [6.07, 6.45) is 3.66. The number of rotatable bonds is 2. The highest BCUT2D eigenvalue weighted by Crippen LogP contribution is 2.42. The SMILES string of the molecule is O=c1/c(=C/c2cccc(Cl)c2Cl)sc2n1[C@H](c1cccs1)C1=C(N=2)c2ccccc2CC1. The molecule has 2 aromatic carbocycles. The summed E-state index contributed by atoms with van der Waals surface area (Å²) < 4.78 is 2.45. The molecule has 6 rings (SSSR count). The Labute approximate surface area is 202 Å². The first-order valence-corrected chi connectivity index (χ1v) is 12.7. The number of allylic oxidation sites excluding steroid dienone is 1. The lowest BCUT2D eigenvalue weighted by molar-refractivity contribution is 0.593. The van der Waals surface area contributed by atoms with Crippen LogP contribution in [0.15, 0.2) is 75.3 Å². The van der Waals surface area contributed by atoms with Gasteiger partial charge in [-0.1, -0.05) is 77.0 Å². The first kappa shape index (κ1) is 20.2. The van der Waals surface area contributed by atoms with Gasteiger partial charge in [0.1, 0.15) is 0 Å². The van der Waals surface area contributed by atoms with Crippen molar-refractivity contribution >= 4 is 57.6 Å². The van der Waals surface area contributed by atoms with Crippen molar-refractivity contribution in [3.8, 4) is 0 Å². The summed E-state index contributed by atoms with van der Waals surface area (Å²) in [5.74, 6) is 0. The average molecular weight is 495 g/mol. The van der Waals surface area contributed by atoms with E-state index in [2.05, 4.69) is 35.7 Å². The number of halogens is 2. The van der Waals surface area contributed by atoms with E-state index in [1.165, 1.54) is 28.0 Å². The van der Waals surface area contributed by atoms with Crippen LogP contribution in [0.2, 0.25) is 10.0 Å². The minimum absolute atomic E-state index is 0.0476. The maximum Gasteiger partial charge on any atom is 0.271 e. The van der Waals surface area contributed by atoms with Gasteiger partial charge in [0.25, 0.3) is 5.56 Å². The maximum atomic E-state index is 13.6. The largest absolute Gasteiger partial charge is 0.271 e. The number of nitrogens with zero attached hydrogens (tertiary/aromatic N) is 2. The molecule has 1 aliphatic heterocycles. The van der Waals surface area contributed by atoms with Gasteiger partial charge < -0.3 is 0 Å². The topological polar surface area (TPSA) is 34.4 Å². The molecule has 4 aromatic rings. The lowest BCUT2D eigenvalue weighted by atomic mass is 9.85. The summed E-state index contributed by atoms with van der Waals surface area (Å²) in [5, 5.41) is 2.98. The van der Waals surface area contributed by atoms with Crippen molar-refractivity contribution in [2.75, 3.05) is 0 Å². The molecule has 0 unspecified atom stereocenters. The Kier molecular flexibility index (Phi) is 4.95. The number of hydrogen-bond donors (Lipinski definition) is 0. The van der Waals surface area contributed by atoms with Crippen molar-refractivity contribution < 1.29 is 0 Å². The number of aryl methyl sites for hydroxylation is 1. The zero-order chi connectivity index (χ0) is 21.8. The fraction of sp³-hybridized carbons (Fsp3) is 0.120. The van der Waals surface area contributed by atoms with Crippen molar-refractivity contribution in [1.29, 1.82) is 0 Å². The summed E-state index contributed by atoms with van der Waals surface area (Å²) in [6, 6.07) is 17.9. The normalized spacial score (nSPS) is 17.6. The zero-order valence-corrected chi connectivity index (χ0v) is 19.9. The zero-order valence-electron chi connectivity index (χ0n) is 16.7. The van der Waals surface area contributed by atoms with Crippen LogP contribution in [-0.4, -0.2) is 4.57 Å². The van der Waals surface area contributed by atoms with Gasteiger partial charge >= 0.3 is 0 Å². The van der Waals surface area contributed by atoms with Crippen molar-refractivity contribution in [3.05, 3.63) is 117 Å². The third kappa shape index (κ3) is 3.15. The Morgan fingerprint density at radius 1 is 1.03 bits per heavy atom. The summed E-state index contributed by atoms with van der Waals surface area (Å²) in [5.41, 5.74) is 5.39. The van der Waals surface area contributed by atoms with Crippen LogP contribution in [0, 0.1) is 0 Å².